The van der Waals surface area contributed by atoms with Crippen molar-refractivity contribution in [1.29, 1.82) is 0 Å². The Bertz CT molecular complexity index is 1140. The van der Waals surface area contributed by atoms with Crippen molar-refractivity contribution in [2.45, 2.75) is 82.8 Å². The number of ketones is 1. The second kappa shape index (κ2) is 9.52. The Labute approximate surface area is 218 Å². The lowest BCUT2D eigenvalue weighted by Gasteiger charge is -2.46. The summed E-state index contributed by atoms with van der Waals surface area (Å²) in [4.78, 5) is 39.7. The van der Waals surface area contributed by atoms with Crippen LogP contribution in [0.25, 0.3) is 0 Å². The van der Waals surface area contributed by atoms with Gasteiger partial charge >= 0.3 is 5.97 Å². The van der Waals surface area contributed by atoms with Crippen molar-refractivity contribution >= 4 is 17.7 Å². The second-order valence-electron chi connectivity index (χ2n) is 11.5. The number of nitrogens with one attached hydrogen (secondary N) is 1. The molecule has 2 N–H and O–H groups in total. The first-order valence-corrected chi connectivity index (χ1v) is 13.4. The zero-order valence-corrected chi connectivity index (χ0v) is 22.0. The van der Waals surface area contributed by atoms with E-state index in [-0.39, 0.29) is 54.4 Å². The third-order valence-corrected chi connectivity index (χ3v) is 9.03. The lowest BCUT2D eigenvalue weighted by Crippen LogP contribution is -2.61. The molecule has 9 atom stereocenters. The van der Waals surface area contributed by atoms with Crippen LogP contribution < -0.4 is 5.32 Å². The summed E-state index contributed by atoms with van der Waals surface area (Å²) in [5.74, 6) is -1.99. The molecule has 1 aromatic carbocycles. The SMILES string of the molecule is C/C1=C\[C@@H](C)C/C=C/[C@H]2[C@@H]3O[C@]3(C)[C@@H](C)[C@H]3[C@H](Cc4ccccc4)NC(=O)[C@]32OC(=O)CCC(O)C1=O. The van der Waals surface area contributed by atoms with Gasteiger partial charge in [0.05, 0.1) is 17.6 Å². The van der Waals surface area contributed by atoms with Gasteiger partial charge in [-0.1, -0.05) is 62.4 Å². The fourth-order valence-electron chi connectivity index (χ4n) is 6.91. The molecular formula is C30H37NO6. The van der Waals surface area contributed by atoms with E-state index in [0.717, 1.165) is 5.56 Å². The van der Waals surface area contributed by atoms with Crippen LogP contribution in [0.1, 0.15) is 52.5 Å². The van der Waals surface area contributed by atoms with Crippen molar-refractivity contribution in [2.24, 2.45) is 23.7 Å². The molecule has 0 radical (unpaired) electrons. The molecule has 1 spiro atoms. The molecule has 1 aromatic rings. The summed E-state index contributed by atoms with van der Waals surface area (Å²) < 4.78 is 12.5. The standard InChI is InChI=1S/C30H37NO6/c1-17-9-8-12-21-27-29(4,37-27)19(3)25-22(16-20-10-6-5-7-11-20)31-28(35)30(21,25)36-24(33)14-13-23(32)26(34)18(2)15-17/h5-8,10-12,15,17,19,21-23,25,27,32H,9,13-14,16H2,1-4H3,(H,31,35)/b12-8+,18-15+/t17-,19-,21-,22-,23?,25-,27-,29+,30+/m0/s1. The Balaban J connectivity index is 1.56. The topological polar surface area (TPSA) is 105 Å². The van der Waals surface area contributed by atoms with Crippen LogP contribution in [-0.2, 0) is 30.3 Å². The van der Waals surface area contributed by atoms with E-state index >= 15 is 0 Å². The first kappa shape index (κ1) is 25.9. The normalized spacial score (nSPS) is 44.2. The highest BCUT2D eigenvalue weighted by Gasteiger charge is 2.78. The molecule has 7 heteroatoms. The molecule has 0 bridgehead atoms. The molecule has 2 saturated heterocycles. The highest BCUT2D eigenvalue weighted by molar-refractivity contribution is 5.98. The molecule has 1 amide bonds. The van der Waals surface area contributed by atoms with Crippen molar-refractivity contribution in [3.63, 3.8) is 0 Å². The zero-order valence-electron chi connectivity index (χ0n) is 22.0. The number of aliphatic hydroxyl groups excluding tert-OH is 1. The molecule has 3 fully saturated rings. The average Bonchev–Trinajstić information content (AvgIpc) is 3.48. The zero-order chi connectivity index (χ0) is 26.5. The number of fused-ring (bicyclic) bond motifs is 2. The Kier molecular flexibility index (Phi) is 6.65. The van der Waals surface area contributed by atoms with E-state index in [4.69, 9.17) is 9.47 Å². The van der Waals surface area contributed by atoms with Crippen molar-refractivity contribution in [3.05, 3.63) is 59.7 Å². The highest BCUT2D eigenvalue weighted by atomic mass is 16.6. The molecule has 5 rings (SSSR count). The number of Topliss-reactive ketones (excluding diaryl/α,β-unsaturated/α-hetero) is 1. The number of hydrogen-bond acceptors (Lipinski definition) is 6. The Morgan fingerprint density at radius 3 is 2.59 bits per heavy atom. The minimum absolute atomic E-state index is 0.0434. The first-order chi connectivity index (χ1) is 17.6. The van der Waals surface area contributed by atoms with Crippen LogP contribution in [0, 0.1) is 23.7 Å². The third-order valence-electron chi connectivity index (χ3n) is 9.03. The third kappa shape index (κ3) is 4.36. The predicted molar refractivity (Wildman–Crippen MR) is 137 cm³/mol. The number of benzene rings is 1. The van der Waals surface area contributed by atoms with Gasteiger partial charge in [-0.15, -0.1) is 0 Å². The maximum absolute atomic E-state index is 13.9. The van der Waals surface area contributed by atoms with Gasteiger partial charge < -0.3 is 19.9 Å². The van der Waals surface area contributed by atoms with Gasteiger partial charge in [0.1, 0.15) is 6.10 Å². The number of epoxide rings is 1. The molecule has 1 aliphatic carbocycles. The van der Waals surface area contributed by atoms with E-state index in [1.165, 1.54) is 0 Å². The molecule has 4 aliphatic rings. The van der Waals surface area contributed by atoms with Crippen LogP contribution in [0.2, 0.25) is 0 Å². The quantitative estimate of drug-likeness (QED) is 0.362. The van der Waals surface area contributed by atoms with Gasteiger partial charge in [0.25, 0.3) is 5.91 Å². The van der Waals surface area contributed by atoms with Gasteiger partial charge in [0.2, 0.25) is 5.60 Å². The van der Waals surface area contributed by atoms with Crippen molar-refractivity contribution in [3.8, 4) is 0 Å². The van der Waals surface area contributed by atoms with Crippen molar-refractivity contribution < 1.29 is 29.0 Å². The Hall–Kier alpha value is -2.77. The molecule has 1 unspecified atom stereocenters. The maximum Gasteiger partial charge on any atom is 0.306 e. The Morgan fingerprint density at radius 1 is 1.14 bits per heavy atom. The number of aliphatic hydroxyl groups is 1. The summed E-state index contributed by atoms with van der Waals surface area (Å²) >= 11 is 0. The molecule has 3 heterocycles. The summed E-state index contributed by atoms with van der Waals surface area (Å²) in [6.45, 7) is 7.88. The van der Waals surface area contributed by atoms with Crippen LogP contribution in [0.4, 0.5) is 0 Å². The first-order valence-electron chi connectivity index (χ1n) is 13.4. The monoisotopic (exact) mass is 507 g/mol. The minimum atomic E-state index is -1.42. The predicted octanol–water partition coefficient (Wildman–Crippen LogP) is 3.30. The number of esters is 1. The fourth-order valence-corrected chi connectivity index (χ4v) is 6.91. The number of ether oxygens (including phenoxy) is 2. The van der Waals surface area contributed by atoms with Gasteiger partial charge in [-0.25, -0.2) is 0 Å². The summed E-state index contributed by atoms with van der Waals surface area (Å²) in [6, 6.07) is 9.76. The summed E-state index contributed by atoms with van der Waals surface area (Å²) in [5, 5.41) is 13.6. The van der Waals surface area contributed by atoms with Gasteiger partial charge in [-0.2, -0.15) is 0 Å². The van der Waals surface area contributed by atoms with Gasteiger partial charge in [0, 0.05) is 18.4 Å². The van der Waals surface area contributed by atoms with Crippen molar-refractivity contribution in [2.75, 3.05) is 0 Å². The molecule has 198 valence electrons. The second-order valence-corrected chi connectivity index (χ2v) is 11.5. The lowest BCUT2D eigenvalue weighted by atomic mass is 9.59. The fraction of sp³-hybridized carbons (Fsp3) is 0.567. The summed E-state index contributed by atoms with van der Waals surface area (Å²) in [5.41, 5.74) is -0.245. The largest absolute Gasteiger partial charge is 0.448 e. The van der Waals surface area contributed by atoms with E-state index in [9.17, 15) is 19.5 Å². The smallest absolute Gasteiger partial charge is 0.306 e. The maximum atomic E-state index is 13.9. The number of hydrogen-bond donors (Lipinski definition) is 2. The van der Waals surface area contributed by atoms with E-state index in [1.807, 2.05) is 55.5 Å². The van der Waals surface area contributed by atoms with Crippen LogP contribution >= 0.6 is 0 Å². The Morgan fingerprint density at radius 2 is 1.86 bits per heavy atom. The number of rotatable bonds is 2. The van der Waals surface area contributed by atoms with E-state index in [1.54, 1.807) is 6.92 Å². The number of allylic oxidation sites excluding steroid dienone is 2. The minimum Gasteiger partial charge on any atom is -0.448 e. The molecule has 0 aromatic heterocycles. The molecule has 3 aliphatic heterocycles. The highest BCUT2D eigenvalue weighted by Crippen LogP contribution is 2.63. The van der Waals surface area contributed by atoms with Gasteiger partial charge in [-0.05, 0) is 56.1 Å². The van der Waals surface area contributed by atoms with E-state index < -0.39 is 29.2 Å². The van der Waals surface area contributed by atoms with Gasteiger partial charge in [-0.3, -0.25) is 14.4 Å². The van der Waals surface area contributed by atoms with Crippen LogP contribution in [-0.4, -0.2) is 52.2 Å². The van der Waals surface area contributed by atoms with Gasteiger partial charge in [0.15, 0.2) is 5.78 Å². The number of carbonyl (C=O) groups is 3. The number of amides is 1. The van der Waals surface area contributed by atoms with E-state index in [0.29, 0.717) is 18.4 Å². The van der Waals surface area contributed by atoms with E-state index in [2.05, 4.69) is 19.2 Å². The molecule has 37 heavy (non-hydrogen) atoms. The van der Waals surface area contributed by atoms with Crippen LogP contribution in [0.5, 0.6) is 0 Å². The molecule has 7 nitrogen and oxygen atoms in total. The summed E-state index contributed by atoms with van der Waals surface area (Å²) in [6.07, 6.45) is 5.38. The van der Waals surface area contributed by atoms with Crippen LogP contribution in [0.3, 0.4) is 0 Å². The number of carbonyl (C=O) groups excluding carboxylic acids is 3. The summed E-state index contributed by atoms with van der Waals surface area (Å²) in [7, 11) is 0. The lowest BCUT2D eigenvalue weighted by molar-refractivity contribution is -0.182. The molecular weight excluding hydrogens is 470 g/mol. The van der Waals surface area contributed by atoms with Crippen LogP contribution in [0.15, 0.2) is 54.1 Å². The van der Waals surface area contributed by atoms with Crippen molar-refractivity contribution in [1.82, 2.24) is 5.32 Å². The molecule has 1 saturated carbocycles. The average molecular weight is 508 g/mol.